The van der Waals surface area contributed by atoms with E-state index in [9.17, 15) is 0 Å². The van der Waals surface area contributed by atoms with Gasteiger partial charge in [0.15, 0.2) is 0 Å². The SMILES string of the molecule is O=S(=O)(O)O.O=S(=O)(O)O.O=S(=O)([O-])[O-].[Na+].[Na+]. The van der Waals surface area contributed by atoms with Crippen LogP contribution in [-0.2, 0) is 31.2 Å². The predicted molar refractivity (Wildman–Crippen MR) is 38.8 cm³/mol. The molecule has 0 heterocycles. The van der Waals surface area contributed by atoms with Crippen molar-refractivity contribution in [3.05, 3.63) is 0 Å². The summed E-state index contributed by atoms with van der Waals surface area (Å²) in [5, 5.41) is 0. The van der Waals surface area contributed by atoms with Gasteiger partial charge in [-0.3, -0.25) is 26.6 Å². The Balaban J connectivity index is -0.0000000400. The van der Waals surface area contributed by atoms with Gasteiger partial charge in [0.25, 0.3) is 0 Å². The van der Waals surface area contributed by atoms with Crippen molar-refractivity contribution in [2.75, 3.05) is 0 Å². The molecule has 0 aromatic carbocycles. The first-order valence-corrected chi connectivity index (χ1v) is 6.19. The zero-order chi connectivity index (χ0) is 13.5. The average molecular weight is 338 g/mol. The van der Waals surface area contributed by atoms with Gasteiger partial charge in [-0.25, -0.2) is 0 Å². The minimum atomic E-state index is -5.17. The van der Waals surface area contributed by atoms with Gasteiger partial charge in [-0.05, 0) is 0 Å². The maximum atomic E-state index is 8.74. The second kappa shape index (κ2) is 12.6. The van der Waals surface area contributed by atoms with Crippen LogP contribution in [0.2, 0.25) is 0 Å². The third-order valence-electron chi connectivity index (χ3n) is 0. The molecule has 0 aliphatic carbocycles. The molecule has 0 amide bonds. The van der Waals surface area contributed by atoms with Crippen LogP contribution in [0.15, 0.2) is 0 Å². The minimum absolute atomic E-state index is 0. The van der Waals surface area contributed by atoms with E-state index in [0.717, 1.165) is 0 Å². The van der Waals surface area contributed by atoms with Crippen LogP contribution in [-0.4, -0.2) is 52.6 Å². The summed E-state index contributed by atoms with van der Waals surface area (Å²) in [6, 6.07) is 0. The van der Waals surface area contributed by atoms with Crippen LogP contribution in [0.4, 0.5) is 0 Å². The molecule has 12 nitrogen and oxygen atoms in total. The van der Waals surface area contributed by atoms with Crippen molar-refractivity contribution in [3.8, 4) is 0 Å². The van der Waals surface area contributed by atoms with Crippen molar-refractivity contribution in [2.24, 2.45) is 0 Å². The molecule has 0 rings (SSSR count). The molecule has 0 radical (unpaired) electrons. The predicted octanol–water partition coefficient (Wildman–Crippen LogP) is -8.64. The average Bonchev–Trinajstić information content (AvgIpc) is 1.41. The molecule has 0 saturated heterocycles. The molecule has 0 fully saturated rings. The summed E-state index contributed by atoms with van der Waals surface area (Å²) in [5.41, 5.74) is 0. The molecule has 96 valence electrons. The Labute approximate surface area is 141 Å². The largest absolute Gasteiger partial charge is 1.00 e. The Bertz CT molecular complexity index is 341. The maximum Gasteiger partial charge on any atom is 1.00 e. The Kier molecular flexibility index (Phi) is 23.2. The molecule has 0 aliphatic heterocycles. The van der Waals surface area contributed by atoms with E-state index < -0.39 is 31.2 Å². The van der Waals surface area contributed by atoms with Gasteiger partial charge >= 0.3 is 79.9 Å². The van der Waals surface area contributed by atoms with Crippen LogP contribution < -0.4 is 59.1 Å². The number of rotatable bonds is 0. The van der Waals surface area contributed by atoms with Gasteiger partial charge in [-0.1, -0.05) is 0 Å². The molecule has 17 heteroatoms. The molecule has 0 unspecified atom stereocenters. The van der Waals surface area contributed by atoms with Crippen molar-refractivity contribution in [1.82, 2.24) is 0 Å². The Morgan fingerprint density at radius 1 is 0.588 bits per heavy atom. The van der Waals surface area contributed by atoms with Crippen LogP contribution >= 0.6 is 0 Å². The molecule has 4 N–H and O–H groups in total. The monoisotopic (exact) mass is 338 g/mol. The zero-order valence-corrected chi connectivity index (χ0v) is 14.7. The third kappa shape index (κ3) is 1660. The van der Waals surface area contributed by atoms with E-state index in [1.807, 2.05) is 0 Å². The number of hydrogen-bond donors (Lipinski definition) is 4. The first-order valence-electron chi connectivity index (χ1n) is 2.06. The van der Waals surface area contributed by atoms with Crippen LogP contribution in [0.3, 0.4) is 0 Å². The molecule has 0 aliphatic rings. The molecule has 0 atom stereocenters. The summed E-state index contributed by atoms with van der Waals surface area (Å²) in [7, 11) is -14.5. The molecule has 0 saturated carbocycles. The van der Waals surface area contributed by atoms with E-state index in [1.165, 1.54) is 0 Å². The third-order valence-corrected chi connectivity index (χ3v) is 0. The second-order valence-corrected chi connectivity index (χ2v) is 3.91. The van der Waals surface area contributed by atoms with E-state index in [2.05, 4.69) is 0 Å². The Morgan fingerprint density at radius 2 is 0.588 bits per heavy atom. The summed E-state index contributed by atoms with van der Waals surface area (Å²) >= 11 is 0. The van der Waals surface area contributed by atoms with Crippen LogP contribution in [0.25, 0.3) is 0 Å². The first-order chi connectivity index (χ1) is 6.00. The van der Waals surface area contributed by atoms with Gasteiger partial charge in [-0.2, -0.15) is 16.8 Å². The first kappa shape index (κ1) is 31.2. The molecule has 0 aromatic rings. The van der Waals surface area contributed by atoms with E-state index >= 15 is 0 Å². The fourth-order valence-electron chi connectivity index (χ4n) is 0. The summed E-state index contributed by atoms with van der Waals surface area (Å²) in [6.45, 7) is 0. The van der Waals surface area contributed by atoms with Gasteiger partial charge < -0.3 is 9.11 Å². The fraction of sp³-hybridized carbons (Fsp3) is 0. The van der Waals surface area contributed by atoms with Crippen LogP contribution in [0.1, 0.15) is 0 Å². The zero-order valence-electron chi connectivity index (χ0n) is 8.28. The van der Waals surface area contributed by atoms with E-state index in [4.69, 9.17) is 52.6 Å². The van der Waals surface area contributed by atoms with Crippen molar-refractivity contribution in [1.29, 1.82) is 0 Å². The van der Waals surface area contributed by atoms with Gasteiger partial charge in [0, 0.05) is 10.4 Å². The normalized spacial score (nSPS) is 10.2. The molecule has 17 heavy (non-hydrogen) atoms. The second-order valence-electron chi connectivity index (χ2n) is 1.30. The van der Waals surface area contributed by atoms with E-state index in [0.29, 0.717) is 0 Å². The van der Waals surface area contributed by atoms with Crippen LogP contribution in [0.5, 0.6) is 0 Å². The van der Waals surface area contributed by atoms with Crippen LogP contribution in [0, 0.1) is 0 Å². The fourth-order valence-corrected chi connectivity index (χ4v) is 0. The van der Waals surface area contributed by atoms with Gasteiger partial charge in [0.1, 0.15) is 0 Å². The van der Waals surface area contributed by atoms with Crippen molar-refractivity contribution in [3.63, 3.8) is 0 Å². The van der Waals surface area contributed by atoms with Gasteiger partial charge in [0.05, 0.1) is 0 Å². The molecule has 0 aromatic heterocycles. The van der Waals surface area contributed by atoms with Crippen molar-refractivity contribution in [2.45, 2.75) is 0 Å². The summed E-state index contributed by atoms with van der Waals surface area (Å²) in [6.07, 6.45) is 0. The van der Waals surface area contributed by atoms with Crippen molar-refractivity contribution < 1.29 is 112 Å². The number of hydrogen-bond acceptors (Lipinski definition) is 8. The standard InChI is InChI=1S/2Na.3H2O4S/c;;3*1-5(2,3)4/h;;3*(H2,1,2,3,4)/q2*+1;;;/p-2. The summed E-state index contributed by atoms with van der Waals surface area (Å²) in [4.78, 5) is 0. The van der Waals surface area contributed by atoms with E-state index in [1.54, 1.807) is 0 Å². The molecule has 0 spiro atoms. The smallest absolute Gasteiger partial charge is 0.759 e. The van der Waals surface area contributed by atoms with Gasteiger partial charge in [-0.15, -0.1) is 0 Å². The Morgan fingerprint density at radius 3 is 0.588 bits per heavy atom. The van der Waals surface area contributed by atoms with E-state index in [-0.39, 0.29) is 59.1 Å². The van der Waals surface area contributed by atoms with Gasteiger partial charge in [0.2, 0.25) is 0 Å². The van der Waals surface area contributed by atoms with Crippen molar-refractivity contribution >= 4 is 31.2 Å². The maximum absolute atomic E-state index is 8.74. The topological polar surface area (TPSA) is 229 Å². The Hall–Kier alpha value is 1.61. The molecule has 0 bridgehead atoms. The quantitative estimate of drug-likeness (QED) is 0.183. The summed E-state index contributed by atoms with van der Waals surface area (Å²) < 4.78 is 97.2. The minimum Gasteiger partial charge on any atom is -0.759 e. The summed E-state index contributed by atoms with van der Waals surface area (Å²) in [5.74, 6) is 0. The molecular weight excluding hydrogens is 334 g/mol. The molecular formula is H4Na2O12S3.